The summed E-state index contributed by atoms with van der Waals surface area (Å²) in [5, 5.41) is 12.8. The Balaban J connectivity index is 2.57. The lowest BCUT2D eigenvalue weighted by molar-refractivity contribution is -0.303. The van der Waals surface area contributed by atoms with E-state index in [1.807, 2.05) is 25.1 Å². The molecule has 0 saturated carbocycles. The van der Waals surface area contributed by atoms with Gasteiger partial charge in [0.1, 0.15) is 6.61 Å². The molecule has 2 N–H and O–H groups in total. The van der Waals surface area contributed by atoms with Gasteiger partial charge >= 0.3 is 0 Å². The highest BCUT2D eigenvalue weighted by molar-refractivity contribution is 5.48. The van der Waals surface area contributed by atoms with Crippen molar-refractivity contribution in [2.75, 3.05) is 18.5 Å². The maximum absolute atomic E-state index is 9.36. The van der Waals surface area contributed by atoms with Crippen molar-refractivity contribution in [3.8, 4) is 0 Å². The summed E-state index contributed by atoms with van der Waals surface area (Å²) in [5.41, 5.74) is 2.92. The van der Waals surface area contributed by atoms with Gasteiger partial charge in [-0.05, 0) is 42.0 Å². The van der Waals surface area contributed by atoms with Crippen molar-refractivity contribution in [3.05, 3.63) is 29.3 Å². The molecule has 0 aliphatic rings. The van der Waals surface area contributed by atoms with Crippen molar-refractivity contribution in [1.82, 2.24) is 0 Å². The summed E-state index contributed by atoms with van der Waals surface area (Å²) in [5.74, 6) is 0.639. The van der Waals surface area contributed by atoms with Crippen molar-refractivity contribution >= 4 is 5.69 Å². The number of aliphatic hydroxyl groups is 1. The number of benzene rings is 1. The van der Waals surface area contributed by atoms with Gasteiger partial charge < -0.3 is 10.4 Å². The molecular weight excluding hydrogens is 266 g/mol. The van der Waals surface area contributed by atoms with Crippen LogP contribution in [0.2, 0.25) is 0 Å². The zero-order valence-corrected chi connectivity index (χ0v) is 13.5. The number of nitrogens with one attached hydrogen (secondary N) is 1. The standard InChI is InChI=1S/C17H29NO3/c1-4-6-14(3)11-18-17-9-15(12-19)8-16(10-17)13-21-20-7-5-2/h8-10,14,18-19H,4-7,11-13H2,1-3H3. The summed E-state index contributed by atoms with van der Waals surface area (Å²) in [6.45, 7) is 8.45. The molecule has 0 radical (unpaired) electrons. The van der Waals surface area contributed by atoms with E-state index < -0.39 is 0 Å². The highest BCUT2D eigenvalue weighted by Gasteiger charge is 2.04. The minimum Gasteiger partial charge on any atom is -0.392 e. The molecule has 1 atom stereocenters. The Labute approximate surface area is 128 Å². The Bertz CT molecular complexity index is 396. The summed E-state index contributed by atoms with van der Waals surface area (Å²) in [7, 11) is 0. The van der Waals surface area contributed by atoms with Crippen LogP contribution in [0.5, 0.6) is 0 Å². The Hall–Kier alpha value is -1.10. The van der Waals surface area contributed by atoms with Gasteiger partial charge in [-0.25, -0.2) is 9.78 Å². The van der Waals surface area contributed by atoms with Crippen LogP contribution in [0, 0.1) is 5.92 Å². The Morgan fingerprint density at radius 3 is 2.52 bits per heavy atom. The molecule has 0 fully saturated rings. The van der Waals surface area contributed by atoms with Gasteiger partial charge in [0.15, 0.2) is 0 Å². The Morgan fingerprint density at radius 1 is 1.10 bits per heavy atom. The fourth-order valence-corrected chi connectivity index (χ4v) is 2.18. The number of rotatable bonds is 11. The SMILES string of the molecule is CCCOOCc1cc(CO)cc(NCC(C)CCC)c1. The van der Waals surface area contributed by atoms with Crippen molar-refractivity contribution in [3.63, 3.8) is 0 Å². The predicted octanol–water partition coefficient (Wildman–Crippen LogP) is 3.89. The first-order valence-electron chi connectivity index (χ1n) is 7.91. The molecule has 1 aromatic rings. The monoisotopic (exact) mass is 295 g/mol. The van der Waals surface area contributed by atoms with E-state index in [4.69, 9.17) is 9.78 Å². The van der Waals surface area contributed by atoms with Crippen LogP contribution >= 0.6 is 0 Å². The lowest BCUT2D eigenvalue weighted by atomic mass is 10.1. The summed E-state index contributed by atoms with van der Waals surface area (Å²) in [6.07, 6.45) is 3.35. The van der Waals surface area contributed by atoms with Gasteiger partial charge in [-0.2, -0.15) is 0 Å². The zero-order valence-electron chi connectivity index (χ0n) is 13.5. The second kappa shape index (κ2) is 10.6. The first-order chi connectivity index (χ1) is 10.2. The second-order valence-electron chi connectivity index (χ2n) is 5.56. The molecule has 0 bridgehead atoms. The van der Waals surface area contributed by atoms with E-state index in [0.717, 1.165) is 29.8 Å². The molecule has 120 valence electrons. The third-order valence-corrected chi connectivity index (χ3v) is 3.27. The molecule has 4 nitrogen and oxygen atoms in total. The van der Waals surface area contributed by atoms with Gasteiger partial charge in [-0.15, -0.1) is 0 Å². The van der Waals surface area contributed by atoms with Gasteiger partial charge in [-0.1, -0.05) is 33.3 Å². The average Bonchev–Trinajstić information content (AvgIpc) is 2.49. The van der Waals surface area contributed by atoms with Crippen LogP contribution in [0.4, 0.5) is 5.69 Å². The number of anilines is 1. The predicted molar refractivity (Wildman–Crippen MR) is 86.0 cm³/mol. The summed E-state index contributed by atoms with van der Waals surface area (Å²) in [6, 6.07) is 5.97. The zero-order chi connectivity index (χ0) is 15.5. The van der Waals surface area contributed by atoms with Gasteiger partial charge in [0.05, 0.1) is 13.2 Å². The molecular formula is C17H29NO3. The largest absolute Gasteiger partial charge is 0.392 e. The third-order valence-electron chi connectivity index (χ3n) is 3.27. The maximum atomic E-state index is 9.36. The molecule has 0 spiro atoms. The van der Waals surface area contributed by atoms with Gasteiger partial charge in [0, 0.05) is 12.2 Å². The minimum atomic E-state index is 0.0306. The van der Waals surface area contributed by atoms with E-state index in [9.17, 15) is 5.11 Å². The third kappa shape index (κ3) is 7.46. The summed E-state index contributed by atoms with van der Waals surface area (Å²) >= 11 is 0. The van der Waals surface area contributed by atoms with Crippen LogP contribution in [0.15, 0.2) is 18.2 Å². The van der Waals surface area contributed by atoms with E-state index in [-0.39, 0.29) is 6.61 Å². The minimum absolute atomic E-state index is 0.0306. The van der Waals surface area contributed by atoms with Gasteiger partial charge in [0.25, 0.3) is 0 Å². The van der Waals surface area contributed by atoms with Crippen molar-refractivity contribution in [2.24, 2.45) is 5.92 Å². The quantitative estimate of drug-likeness (QED) is 0.369. The Kier molecular flexibility index (Phi) is 9.06. The van der Waals surface area contributed by atoms with Crippen LogP contribution in [-0.4, -0.2) is 18.3 Å². The van der Waals surface area contributed by atoms with E-state index in [1.54, 1.807) is 0 Å². The smallest absolute Gasteiger partial charge is 0.107 e. The number of aliphatic hydroxyl groups excluding tert-OH is 1. The lowest BCUT2D eigenvalue weighted by Gasteiger charge is -2.14. The van der Waals surface area contributed by atoms with Crippen molar-refractivity contribution in [2.45, 2.75) is 53.2 Å². The first-order valence-corrected chi connectivity index (χ1v) is 7.91. The number of hydrogen-bond acceptors (Lipinski definition) is 4. The van der Waals surface area contributed by atoms with Crippen LogP contribution in [-0.2, 0) is 23.0 Å². The molecule has 1 unspecified atom stereocenters. The van der Waals surface area contributed by atoms with E-state index in [1.165, 1.54) is 12.8 Å². The molecule has 0 aromatic heterocycles. The molecule has 1 aromatic carbocycles. The van der Waals surface area contributed by atoms with Crippen LogP contribution in [0.3, 0.4) is 0 Å². The second-order valence-corrected chi connectivity index (χ2v) is 5.56. The van der Waals surface area contributed by atoms with E-state index in [2.05, 4.69) is 19.2 Å². The topological polar surface area (TPSA) is 50.7 Å². The molecule has 4 heteroatoms. The van der Waals surface area contributed by atoms with Crippen LogP contribution < -0.4 is 5.32 Å². The van der Waals surface area contributed by atoms with Gasteiger partial charge in [-0.3, -0.25) is 0 Å². The fraction of sp³-hybridized carbons (Fsp3) is 0.647. The molecule has 0 aliphatic carbocycles. The average molecular weight is 295 g/mol. The van der Waals surface area contributed by atoms with Crippen molar-refractivity contribution in [1.29, 1.82) is 0 Å². The molecule has 1 rings (SSSR count). The highest BCUT2D eigenvalue weighted by Crippen LogP contribution is 2.17. The molecule has 0 saturated heterocycles. The fourth-order valence-electron chi connectivity index (χ4n) is 2.18. The van der Waals surface area contributed by atoms with Crippen molar-refractivity contribution < 1.29 is 14.9 Å². The molecule has 21 heavy (non-hydrogen) atoms. The molecule has 0 aliphatic heterocycles. The normalized spacial score (nSPS) is 12.4. The lowest BCUT2D eigenvalue weighted by Crippen LogP contribution is -2.11. The maximum Gasteiger partial charge on any atom is 0.107 e. The summed E-state index contributed by atoms with van der Waals surface area (Å²) in [4.78, 5) is 10.2. The van der Waals surface area contributed by atoms with Gasteiger partial charge in [0.2, 0.25) is 0 Å². The van der Waals surface area contributed by atoms with E-state index in [0.29, 0.717) is 19.1 Å². The van der Waals surface area contributed by atoms with Crippen LogP contribution in [0.1, 0.15) is 51.2 Å². The highest BCUT2D eigenvalue weighted by atomic mass is 17.2. The summed E-state index contributed by atoms with van der Waals surface area (Å²) < 4.78 is 0. The first kappa shape index (κ1) is 18.0. The Morgan fingerprint density at radius 2 is 1.86 bits per heavy atom. The van der Waals surface area contributed by atoms with Crippen LogP contribution in [0.25, 0.3) is 0 Å². The molecule has 0 amide bonds. The molecule has 0 heterocycles. The van der Waals surface area contributed by atoms with E-state index >= 15 is 0 Å². The number of hydrogen-bond donors (Lipinski definition) is 2.